The number of hydrogen-bond donors (Lipinski definition) is 1. The number of carbonyl (C=O) groups is 1. The summed E-state index contributed by atoms with van der Waals surface area (Å²) in [6.45, 7) is 1.82. The van der Waals surface area contributed by atoms with Gasteiger partial charge in [-0.15, -0.1) is 0 Å². The van der Waals surface area contributed by atoms with Crippen LogP contribution in [0.1, 0.15) is 50.6 Å². The fraction of sp³-hybridized carbons (Fsp3) is 0.643. The first-order valence-corrected chi connectivity index (χ1v) is 7.32. The second-order valence-electron chi connectivity index (χ2n) is 5.25. The fourth-order valence-corrected chi connectivity index (χ4v) is 2.82. The van der Waals surface area contributed by atoms with E-state index < -0.39 is 0 Å². The van der Waals surface area contributed by atoms with Crippen LogP contribution in [0.2, 0.25) is 5.15 Å². The maximum absolute atomic E-state index is 11.8. The molecule has 104 valence electrons. The van der Waals surface area contributed by atoms with E-state index in [0.717, 1.165) is 12.1 Å². The number of nitrogens with zero attached hydrogens (tertiary/aromatic N) is 2. The molecule has 1 N–H and O–H groups in total. The number of hydrogen-bond acceptors (Lipinski definition) is 3. The first-order valence-electron chi connectivity index (χ1n) is 6.94. The number of anilines is 1. The van der Waals surface area contributed by atoms with Gasteiger partial charge >= 0.3 is 0 Å². The monoisotopic (exact) mass is 281 g/mol. The molecule has 0 aromatic carbocycles. The number of halogens is 1. The van der Waals surface area contributed by atoms with Crippen molar-refractivity contribution >= 4 is 23.5 Å². The van der Waals surface area contributed by atoms with Gasteiger partial charge in [0.25, 0.3) is 0 Å². The summed E-state index contributed by atoms with van der Waals surface area (Å²) in [6, 6.07) is 1.67. The third-order valence-electron chi connectivity index (χ3n) is 3.58. The molecule has 1 amide bonds. The maximum atomic E-state index is 11.8. The highest BCUT2D eigenvalue weighted by molar-refractivity contribution is 6.29. The molecule has 1 aromatic rings. The van der Waals surface area contributed by atoms with E-state index in [9.17, 15) is 4.79 Å². The summed E-state index contributed by atoms with van der Waals surface area (Å²) < 4.78 is 0. The van der Waals surface area contributed by atoms with Crippen molar-refractivity contribution in [1.29, 1.82) is 0 Å². The molecular formula is C14H20ClN3O. The predicted molar refractivity (Wildman–Crippen MR) is 76.2 cm³/mol. The van der Waals surface area contributed by atoms with Gasteiger partial charge in [0, 0.05) is 12.1 Å². The van der Waals surface area contributed by atoms with E-state index in [-0.39, 0.29) is 5.91 Å². The van der Waals surface area contributed by atoms with E-state index in [1.165, 1.54) is 32.1 Å². The van der Waals surface area contributed by atoms with Crippen LogP contribution in [-0.2, 0) is 4.79 Å². The Labute approximate surface area is 119 Å². The summed E-state index contributed by atoms with van der Waals surface area (Å²) in [4.78, 5) is 20.0. The zero-order valence-corrected chi connectivity index (χ0v) is 12.0. The second kappa shape index (κ2) is 6.85. The van der Waals surface area contributed by atoms with Crippen molar-refractivity contribution in [1.82, 2.24) is 9.97 Å². The highest BCUT2D eigenvalue weighted by Gasteiger charge is 2.15. The molecule has 1 aliphatic rings. The summed E-state index contributed by atoms with van der Waals surface area (Å²) >= 11 is 5.83. The molecule has 1 aliphatic carbocycles. The van der Waals surface area contributed by atoms with Gasteiger partial charge in [-0.25, -0.2) is 9.97 Å². The lowest BCUT2D eigenvalue weighted by Crippen LogP contribution is -2.16. The smallest absolute Gasteiger partial charge is 0.231 e. The molecule has 0 radical (unpaired) electrons. The van der Waals surface area contributed by atoms with Gasteiger partial charge in [0.15, 0.2) is 0 Å². The van der Waals surface area contributed by atoms with Crippen molar-refractivity contribution in [3.05, 3.63) is 16.9 Å². The number of carbonyl (C=O) groups excluding carboxylic acids is 1. The average molecular weight is 282 g/mol. The summed E-state index contributed by atoms with van der Waals surface area (Å²) in [5, 5.41) is 3.07. The van der Waals surface area contributed by atoms with E-state index in [4.69, 9.17) is 11.6 Å². The number of aryl methyl sites for hydroxylation is 1. The van der Waals surface area contributed by atoms with Gasteiger partial charge in [-0.05, 0) is 25.3 Å². The van der Waals surface area contributed by atoms with Crippen LogP contribution in [0.4, 0.5) is 5.95 Å². The molecule has 0 aliphatic heterocycles. The molecular weight excluding hydrogens is 262 g/mol. The topological polar surface area (TPSA) is 54.9 Å². The third kappa shape index (κ3) is 4.78. The van der Waals surface area contributed by atoms with Gasteiger partial charge in [-0.2, -0.15) is 0 Å². The lowest BCUT2D eigenvalue weighted by atomic mass is 9.86. The molecule has 19 heavy (non-hydrogen) atoms. The van der Waals surface area contributed by atoms with Gasteiger partial charge in [0.1, 0.15) is 5.15 Å². The van der Waals surface area contributed by atoms with E-state index in [1.807, 2.05) is 6.92 Å². The van der Waals surface area contributed by atoms with Crippen molar-refractivity contribution in [2.75, 3.05) is 5.32 Å². The van der Waals surface area contributed by atoms with Crippen molar-refractivity contribution in [2.24, 2.45) is 5.92 Å². The van der Waals surface area contributed by atoms with Crippen LogP contribution in [0, 0.1) is 12.8 Å². The summed E-state index contributed by atoms with van der Waals surface area (Å²) in [5.74, 6) is 0.993. The van der Waals surface area contributed by atoms with Crippen LogP contribution in [0.5, 0.6) is 0 Å². The highest BCUT2D eigenvalue weighted by Crippen LogP contribution is 2.27. The lowest BCUT2D eigenvalue weighted by molar-refractivity contribution is -0.116. The Kier molecular flexibility index (Phi) is 5.14. The van der Waals surface area contributed by atoms with E-state index in [2.05, 4.69) is 15.3 Å². The third-order valence-corrected chi connectivity index (χ3v) is 3.77. The van der Waals surface area contributed by atoms with E-state index >= 15 is 0 Å². The molecule has 1 aromatic heterocycles. The van der Waals surface area contributed by atoms with Crippen LogP contribution in [0.25, 0.3) is 0 Å². The summed E-state index contributed by atoms with van der Waals surface area (Å²) in [5.41, 5.74) is 0.752. The molecule has 5 heteroatoms. The zero-order valence-electron chi connectivity index (χ0n) is 11.3. The van der Waals surface area contributed by atoms with Crippen LogP contribution in [0.15, 0.2) is 6.07 Å². The van der Waals surface area contributed by atoms with Crippen molar-refractivity contribution < 1.29 is 4.79 Å². The quantitative estimate of drug-likeness (QED) is 0.856. The highest BCUT2D eigenvalue weighted by atomic mass is 35.5. The fourth-order valence-electron chi connectivity index (χ4n) is 2.58. The molecule has 2 rings (SSSR count). The molecule has 1 saturated carbocycles. The van der Waals surface area contributed by atoms with Crippen LogP contribution in [0.3, 0.4) is 0 Å². The van der Waals surface area contributed by atoms with Gasteiger partial charge in [-0.1, -0.05) is 43.7 Å². The van der Waals surface area contributed by atoms with Crippen LogP contribution < -0.4 is 5.32 Å². The van der Waals surface area contributed by atoms with Crippen molar-refractivity contribution in [3.63, 3.8) is 0 Å². The number of amides is 1. The average Bonchev–Trinajstić information content (AvgIpc) is 2.36. The molecule has 1 fully saturated rings. The first kappa shape index (κ1) is 14.3. The van der Waals surface area contributed by atoms with Gasteiger partial charge in [-0.3, -0.25) is 10.1 Å². The standard InChI is InChI=1S/C14H20ClN3O/c1-10-9-12(15)17-14(16-10)18-13(19)8-7-11-5-3-2-4-6-11/h9,11H,2-8H2,1H3,(H,16,17,18,19). The normalized spacial score (nSPS) is 16.3. The van der Waals surface area contributed by atoms with Crippen molar-refractivity contribution in [3.8, 4) is 0 Å². The Morgan fingerprint density at radius 2 is 2.11 bits per heavy atom. The molecule has 0 saturated heterocycles. The molecule has 4 nitrogen and oxygen atoms in total. The van der Waals surface area contributed by atoms with E-state index in [0.29, 0.717) is 23.4 Å². The summed E-state index contributed by atoms with van der Waals surface area (Å²) in [6.07, 6.45) is 8.00. The first-order chi connectivity index (χ1) is 9.13. The van der Waals surface area contributed by atoms with E-state index in [1.54, 1.807) is 6.07 Å². The van der Waals surface area contributed by atoms with Gasteiger partial charge < -0.3 is 0 Å². The minimum atomic E-state index is -0.0211. The van der Waals surface area contributed by atoms with Gasteiger partial charge in [0.05, 0.1) is 0 Å². The number of rotatable bonds is 4. The predicted octanol–water partition coefficient (Wildman–Crippen LogP) is 3.74. The Morgan fingerprint density at radius 3 is 2.79 bits per heavy atom. The molecule has 0 spiro atoms. The molecule has 0 atom stereocenters. The number of aromatic nitrogens is 2. The summed E-state index contributed by atoms with van der Waals surface area (Å²) in [7, 11) is 0. The Balaban J connectivity index is 1.80. The Hall–Kier alpha value is -1.16. The molecule has 0 bridgehead atoms. The minimum Gasteiger partial charge on any atom is -0.294 e. The largest absolute Gasteiger partial charge is 0.294 e. The molecule has 1 heterocycles. The second-order valence-corrected chi connectivity index (χ2v) is 5.63. The van der Waals surface area contributed by atoms with Crippen LogP contribution >= 0.6 is 11.6 Å². The van der Waals surface area contributed by atoms with Crippen molar-refractivity contribution in [2.45, 2.75) is 51.9 Å². The maximum Gasteiger partial charge on any atom is 0.231 e. The minimum absolute atomic E-state index is 0.0211. The SMILES string of the molecule is Cc1cc(Cl)nc(NC(=O)CCC2CCCCC2)n1. The Morgan fingerprint density at radius 1 is 1.37 bits per heavy atom. The van der Waals surface area contributed by atoms with Gasteiger partial charge in [0.2, 0.25) is 11.9 Å². The molecule has 0 unspecified atom stereocenters. The lowest BCUT2D eigenvalue weighted by Gasteiger charge is -2.20. The zero-order chi connectivity index (χ0) is 13.7. The Bertz CT molecular complexity index is 424. The number of nitrogens with one attached hydrogen (secondary N) is 1. The van der Waals surface area contributed by atoms with Crippen LogP contribution in [-0.4, -0.2) is 15.9 Å².